The van der Waals surface area contributed by atoms with Gasteiger partial charge in [-0.1, -0.05) is 41.4 Å². The number of carbonyl (C=O) groups excluding carboxylic acids is 2. The number of halogens is 2. The second-order valence-corrected chi connectivity index (χ2v) is 8.89. The first kappa shape index (κ1) is 21.2. The smallest absolute Gasteiger partial charge is 0.252 e. The molecule has 1 N–H and O–H groups in total. The molecule has 0 aromatic heterocycles. The lowest BCUT2D eigenvalue weighted by atomic mass is 9.82. The molecule has 4 rings (SSSR count). The molecule has 1 saturated heterocycles. The summed E-state index contributed by atoms with van der Waals surface area (Å²) in [5.74, 6) is -0.0713. The largest absolute Gasteiger partial charge is 0.376 e. The molecule has 1 heterocycles. The van der Waals surface area contributed by atoms with Crippen LogP contribution in [-0.4, -0.2) is 41.1 Å². The summed E-state index contributed by atoms with van der Waals surface area (Å²) in [6.07, 6.45) is 3.10. The molecule has 2 amide bonds. The Hall–Kier alpha value is -2.08. The van der Waals surface area contributed by atoms with Gasteiger partial charge in [-0.25, -0.2) is 0 Å². The Bertz CT molecular complexity index is 948. The Morgan fingerprint density at radius 1 is 1.07 bits per heavy atom. The van der Waals surface area contributed by atoms with Crippen molar-refractivity contribution in [1.82, 2.24) is 4.90 Å². The number of amides is 2. The Labute approximate surface area is 186 Å². The summed E-state index contributed by atoms with van der Waals surface area (Å²) in [5.41, 5.74) is 1.43. The molecule has 7 heteroatoms. The second-order valence-electron chi connectivity index (χ2n) is 8.02. The number of aliphatic hydroxyl groups excluding tert-OH is 1. The zero-order valence-corrected chi connectivity index (χ0v) is 18.0. The Kier molecular flexibility index (Phi) is 6.32. The third-order valence-corrected chi connectivity index (χ3v) is 6.39. The van der Waals surface area contributed by atoms with E-state index in [-0.39, 0.29) is 17.7 Å². The van der Waals surface area contributed by atoms with Crippen molar-refractivity contribution in [3.63, 3.8) is 0 Å². The Morgan fingerprint density at radius 2 is 1.77 bits per heavy atom. The highest BCUT2D eigenvalue weighted by atomic mass is 35.5. The minimum Gasteiger partial charge on any atom is -0.376 e. The second kappa shape index (κ2) is 8.96. The van der Waals surface area contributed by atoms with Crippen LogP contribution >= 0.6 is 23.2 Å². The van der Waals surface area contributed by atoms with Gasteiger partial charge in [0, 0.05) is 34.6 Å². The topological polar surface area (TPSA) is 60.9 Å². The van der Waals surface area contributed by atoms with Crippen LogP contribution in [0.4, 0.5) is 5.69 Å². The molecule has 2 aromatic carbocycles. The SMILES string of the molecule is O=C(C1[C@H](c2cccc(Cl)c2)CCC(=O)N1CC1CC1)N(CO)c1cccc(Cl)c1. The predicted octanol–water partition coefficient (Wildman–Crippen LogP) is 4.46. The van der Waals surface area contributed by atoms with E-state index in [9.17, 15) is 14.7 Å². The molecule has 1 aliphatic carbocycles. The van der Waals surface area contributed by atoms with Gasteiger partial charge in [-0.05, 0) is 61.1 Å². The molecule has 0 bridgehead atoms. The van der Waals surface area contributed by atoms with Gasteiger partial charge in [0.05, 0.1) is 0 Å². The lowest BCUT2D eigenvalue weighted by molar-refractivity contribution is -0.144. The van der Waals surface area contributed by atoms with Crippen molar-refractivity contribution in [2.24, 2.45) is 5.92 Å². The van der Waals surface area contributed by atoms with Gasteiger partial charge >= 0.3 is 0 Å². The number of likely N-dealkylation sites (tertiary alicyclic amines) is 1. The summed E-state index contributed by atoms with van der Waals surface area (Å²) in [7, 11) is 0. The first-order valence-electron chi connectivity index (χ1n) is 10.2. The third kappa shape index (κ3) is 4.48. The number of anilines is 1. The van der Waals surface area contributed by atoms with Crippen LogP contribution in [-0.2, 0) is 9.59 Å². The number of hydrogen-bond acceptors (Lipinski definition) is 3. The molecule has 2 aromatic rings. The molecule has 1 saturated carbocycles. The highest BCUT2D eigenvalue weighted by molar-refractivity contribution is 6.31. The normalized spacial score (nSPS) is 21.6. The van der Waals surface area contributed by atoms with Gasteiger partial charge in [-0.15, -0.1) is 0 Å². The fraction of sp³-hybridized carbons (Fsp3) is 0.391. The Balaban J connectivity index is 1.73. The molecule has 0 radical (unpaired) electrons. The molecule has 2 fully saturated rings. The molecular weight excluding hydrogens is 423 g/mol. The van der Waals surface area contributed by atoms with E-state index in [1.807, 2.05) is 18.2 Å². The van der Waals surface area contributed by atoms with Crippen LogP contribution in [0.25, 0.3) is 0 Å². The van der Waals surface area contributed by atoms with E-state index in [4.69, 9.17) is 23.2 Å². The Morgan fingerprint density at radius 3 is 2.40 bits per heavy atom. The maximum atomic E-state index is 13.8. The summed E-state index contributed by atoms with van der Waals surface area (Å²) >= 11 is 12.3. The van der Waals surface area contributed by atoms with E-state index < -0.39 is 12.8 Å². The van der Waals surface area contributed by atoms with Crippen LogP contribution in [0, 0.1) is 5.92 Å². The summed E-state index contributed by atoms with van der Waals surface area (Å²) < 4.78 is 0. The lowest BCUT2D eigenvalue weighted by Crippen LogP contribution is -2.57. The van der Waals surface area contributed by atoms with Crippen LogP contribution in [0.3, 0.4) is 0 Å². The van der Waals surface area contributed by atoms with Crippen LogP contribution in [0.1, 0.15) is 37.2 Å². The number of hydrogen-bond donors (Lipinski definition) is 1. The zero-order valence-electron chi connectivity index (χ0n) is 16.5. The molecule has 1 unspecified atom stereocenters. The number of nitrogens with zero attached hydrogens (tertiary/aromatic N) is 2. The van der Waals surface area contributed by atoms with Crippen molar-refractivity contribution in [2.75, 3.05) is 18.2 Å². The van der Waals surface area contributed by atoms with E-state index in [1.54, 1.807) is 35.2 Å². The summed E-state index contributed by atoms with van der Waals surface area (Å²) in [4.78, 5) is 29.6. The standard InChI is InChI=1S/C23H24Cl2N2O3/c24-17-4-1-3-16(11-17)20-9-10-21(29)26(13-15-7-8-15)22(20)23(30)27(14-28)19-6-2-5-18(25)12-19/h1-6,11-12,15,20,22,28H,7-10,13-14H2/t20-,22?/m0/s1. The number of piperidine rings is 1. The molecule has 0 spiro atoms. The van der Waals surface area contributed by atoms with Gasteiger partial charge in [0.2, 0.25) is 5.91 Å². The van der Waals surface area contributed by atoms with Crippen molar-refractivity contribution in [3.8, 4) is 0 Å². The number of aliphatic hydroxyl groups is 1. The summed E-state index contributed by atoms with van der Waals surface area (Å²) in [5, 5.41) is 11.1. The van der Waals surface area contributed by atoms with Gasteiger partial charge in [0.15, 0.2) is 0 Å². The first-order valence-corrected chi connectivity index (χ1v) is 11.0. The van der Waals surface area contributed by atoms with Crippen LogP contribution < -0.4 is 4.90 Å². The van der Waals surface area contributed by atoms with E-state index in [1.165, 1.54) is 4.90 Å². The maximum Gasteiger partial charge on any atom is 0.252 e. The fourth-order valence-corrected chi connectivity index (χ4v) is 4.60. The van der Waals surface area contributed by atoms with Crippen molar-refractivity contribution < 1.29 is 14.7 Å². The van der Waals surface area contributed by atoms with Crippen LogP contribution in [0.15, 0.2) is 48.5 Å². The average Bonchev–Trinajstić information content (AvgIpc) is 3.54. The van der Waals surface area contributed by atoms with E-state index in [0.717, 1.165) is 18.4 Å². The lowest BCUT2D eigenvalue weighted by Gasteiger charge is -2.42. The van der Waals surface area contributed by atoms with Crippen molar-refractivity contribution in [2.45, 2.75) is 37.6 Å². The third-order valence-electron chi connectivity index (χ3n) is 5.92. The predicted molar refractivity (Wildman–Crippen MR) is 118 cm³/mol. The van der Waals surface area contributed by atoms with Gasteiger partial charge in [0.1, 0.15) is 12.8 Å². The van der Waals surface area contributed by atoms with Gasteiger partial charge in [-0.2, -0.15) is 0 Å². The molecule has 30 heavy (non-hydrogen) atoms. The van der Waals surface area contributed by atoms with Crippen molar-refractivity contribution in [1.29, 1.82) is 0 Å². The number of carbonyl (C=O) groups is 2. The summed E-state index contributed by atoms with van der Waals surface area (Å²) in [6, 6.07) is 13.6. The molecule has 158 valence electrons. The van der Waals surface area contributed by atoms with Crippen molar-refractivity contribution >= 4 is 40.7 Å². The first-order chi connectivity index (χ1) is 14.5. The maximum absolute atomic E-state index is 13.8. The van der Waals surface area contributed by atoms with E-state index in [2.05, 4.69) is 0 Å². The average molecular weight is 447 g/mol. The van der Waals surface area contributed by atoms with Crippen molar-refractivity contribution in [3.05, 3.63) is 64.1 Å². The quantitative estimate of drug-likeness (QED) is 0.666. The molecule has 5 nitrogen and oxygen atoms in total. The highest BCUT2D eigenvalue weighted by Gasteiger charge is 2.44. The fourth-order valence-electron chi connectivity index (χ4n) is 4.22. The number of rotatable bonds is 6. The highest BCUT2D eigenvalue weighted by Crippen LogP contribution is 2.39. The molecular formula is C23H24Cl2N2O3. The minimum atomic E-state index is -0.698. The van der Waals surface area contributed by atoms with E-state index in [0.29, 0.717) is 41.0 Å². The summed E-state index contributed by atoms with van der Waals surface area (Å²) in [6.45, 7) is 0.0739. The van der Waals surface area contributed by atoms with Gasteiger partial charge in [-0.3, -0.25) is 14.5 Å². The zero-order chi connectivity index (χ0) is 21.3. The molecule has 2 atom stereocenters. The van der Waals surface area contributed by atoms with Gasteiger partial charge < -0.3 is 10.0 Å². The molecule has 1 aliphatic heterocycles. The van der Waals surface area contributed by atoms with Gasteiger partial charge in [0.25, 0.3) is 5.91 Å². The van der Waals surface area contributed by atoms with E-state index >= 15 is 0 Å². The number of benzene rings is 2. The van der Waals surface area contributed by atoms with Crippen LogP contribution in [0.5, 0.6) is 0 Å². The minimum absolute atomic E-state index is 0.0116. The monoisotopic (exact) mass is 446 g/mol. The van der Waals surface area contributed by atoms with Crippen LogP contribution in [0.2, 0.25) is 10.0 Å². The molecule has 2 aliphatic rings.